The van der Waals surface area contributed by atoms with Crippen molar-refractivity contribution in [3.8, 4) is 0 Å². The number of thiocarbonyl (C=S) groups is 1. The predicted octanol–water partition coefficient (Wildman–Crippen LogP) is 4.22. The molecule has 4 nitrogen and oxygen atoms in total. The minimum absolute atomic E-state index is 0.0747. The second-order valence-corrected chi connectivity index (χ2v) is 6.82. The van der Waals surface area contributed by atoms with Crippen molar-refractivity contribution in [3.63, 3.8) is 0 Å². The molecule has 0 saturated heterocycles. The van der Waals surface area contributed by atoms with Crippen LogP contribution in [0.25, 0.3) is 0 Å². The topological polar surface area (TPSA) is 31.6 Å². The lowest BCUT2D eigenvalue weighted by molar-refractivity contribution is 0.263. The number of furan rings is 1. The number of nitrogens with one attached hydrogen (secondary N) is 1. The van der Waals surface area contributed by atoms with Crippen LogP contribution in [0.5, 0.6) is 0 Å². The fraction of sp³-hybridized carbons (Fsp3) is 0.421. The van der Waals surface area contributed by atoms with E-state index in [1.54, 1.807) is 6.26 Å². The van der Waals surface area contributed by atoms with Gasteiger partial charge in [-0.15, -0.1) is 0 Å². The monoisotopic (exact) mass is 345 g/mol. The molecule has 0 saturated carbocycles. The van der Waals surface area contributed by atoms with Gasteiger partial charge in [0.1, 0.15) is 5.76 Å². The van der Waals surface area contributed by atoms with E-state index in [1.807, 2.05) is 12.1 Å². The van der Waals surface area contributed by atoms with Crippen molar-refractivity contribution in [3.05, 3.63) is 53.5 Å². The second kappa shape index (κ2) is 8.31. The first kappa shape index (κ1) is 18.5. The van der Waals surface area contributed by atoms with Gasteiger partial charge in [0, 0.05) is 18.8 Å². The van der Waals surface area contributed by atoms with E-state index in [1.165, 1.54) is 11.1 Å². The Morgan fingerprint density at radius 3 is 2.54 bits per heavy atom. The van der Waals surface area contributed by atoms with Crippen molar-refractivity contribution in [2.45, 2.75) is 26.8 Å². The number of nitrogens with zero attached hydrogens (tertiary/aromatic N) is 2. The molecule has 24 heavy (non-hydrogen) atoms. The van der Waals surface area contributed by atoms with Crippen molar-refractivity contribution in [2.75, 3.05) is 32.5 Å². The van der Waals surface area contributed by atoms with Crippen LogP contribution in [-0.4, -0.2) is 42.1 Å². The molecule has 0 fully saturated rings. The zero-order valence-corrected chi connectivity index (χ0v) is 16.0. The Labute approximate surface area is 150 Å². The number of hydrogen-bond donors (Lipinski definition) is 1. The summed E-state index contributed by atoms with van der Waals surface area (Å²) in [5, 5.41) is 4.12. The standard InChI is InChI=1S/C19H27N3OS/c1-14-8-9-17(15(2)13-14)20-19(24)22(11-10-21(4)5)16(3)18-7-6-12-23-18/h6-9,12-13,16H,10-11H2,1-5H3,(H,20,24)/t16-/m1/s1. The molecule has 1 atom stereocenters. The predicted molar refractivity (Wildman–Crippen MR) is 105 cm³/mol. The van der Waals surface area contributed by atoms with Crippen LogP contribution in [0, 0.1) is 13.8 Å². The molecule has 0 unspecified atom stereocenters. The first-order valence-corrected chi connectivity index (χ1v) is 8.62. The van der Waals surface area contributed by atoms with Gasteiger partial charge in [0.15, 0.2) is 5.11 Å². The van der Waals surface area contributed by atoms with Gasteiger partial charge in [-0.1, -0.05) is 17.7 Å². The van der Waals surface area contributed by atoms with Crippen molar-refractivity contribution in [2.24, 2.45) is 0 Å². The van der Waals surface area contributed by atoms with Crippen LogP contribution < -0.4 is 5.32 Å². The molecule has 1 heterocycles. The highest BCUT2D eigenvalue weighted by atomic mass is 32.1. The third-order valence-corrected chi connectivity index (χ3v) is 4.43. The van der Waals surface area contributed by atoms with Gasteiger partial charge in [0.2, 0.25) is 0 Å². The molecule has 0 aliphatic heterocycles. The third-order valence-electron chi connectivity index (χ3n) is 4.09. The molecule has 0 aliphatic carbocycles. The largest absolute Gasteiger partial charge is 0.467 e. The first-order valence-electron chi connectivity index (χ1n) is 8.21. The van der Waals surface area contributed by atoms with Gasteiger partial charge in [-0.05, 0) is 70.8 Å². The van der Waals surface area contributed by atoms with E-state index in [-0.39, 0.29) is 6.04 Å². The van der Waals surface area contributed by atoms with Crippen LogP contribution in [0.3, 0.4) is 0 Å². The number of hydrogen-bond acceptors (Lipinski definition) is 3. The Bertz CT molecular complexity index is 667. The maximum Gasteiger partial charge on any atom is 0.174 e. The van der Waals surface area contributed by atoms with Crippen molar-refractivity contribution in [1.29, 1.82) is 0 Å². The highest BCUT2D eigenvalue weighted by Gasteiger charge is 2.21. The molecule has 5 heteroatoms. The van der Waals surface area contributed by atoms with E-state index in [0.717, 1.165) is 24.5 Å². The lowest BCUT2D eigenvalue weighted by Gasteiger charge is -2.32. The van der Waals surface area contributed by atoms with E-state index >= 15 is 0 Å². The van der Waals surface area contributed by atoms with E-state index in [4.69, 9.17) is 16.6 Å². The molecule has 2 rings (SSSR count). The Kier molecular flexibility index (Phi) is 6.40. The number of benzene rings is 1. The average molecular weight is 346 g/mol. The van der Waals surface area contributed by atoms with Crippen molar-refractivity contribution >= 4 is 23.0 Å². The molecule has 0 aliphatic rings. The Morgan fingerprint density at radius 2 is 1.96 bits per heavy atom. The number of rotatable bonds is 6. The van der Waals surface area contributed by atoms with Crippen LogP contribution in [0.15, 0.2) is 41.0 Å². The molecule has 1 N–H and O–H groups in total. The van der Waals surface area contributed by atoms with E-state index in [0.29, 0.717) is 5.11 Å². The fourth-order valence-electron chi connectivity index (χ4n) is 2.60. The molecule has 0 bridgehead atoms. The molecule has 0 spiro atoms. The molecular weight excluding hydrogens is 318 g/mol. The van der Waals surface area contributed by atoms with E-state index in [2.05, 4.69) is 68.2 Å². The second-order valence-electron chi connectivity index (χ2n) is 6.44. The minimum Gasteiger partial charge on any atom is -0.467 e. The Balaban J connectivity index is 2.17. The smallest absolute Gasteiger partial charge is 0.174 e. The summed E-state index contributed by atoms with van der Waals surface area (Å²) in [5.74, 6) is 0.915. The maximum absolute atomic E-state index is 5.71. The average Bonchev–Trinajstić information content (AvgIpc) is 3.04. The van der Waals surface area contributed by atoms with Crippen molar-refractivity contribution in [1.82, 2.24) is 9.80 Å². The summed E-state index contributed by atoms with van der Waals surface area (Å²) in [5.41, 5.74) is 3.49. The van der Waals surface area contributed by atoms with Gasteiger partial charge in [-0.3, -0.25) is 0 Å². The fourth-order valence-corrected chi connectivity index (χ4v) is 2.96. The van der Waals surface area contributed by atoms with Gasteiger partial charge in [0.05, 0.1) is 12.3 Å². The minimum atomic E-state index is 0.0747. The zero-order chi connectivity index (χ0) is 17.7. The van der Waals surface area contributed by atoms with Crippen LogP contribution in [0.1, 0.15) is 29.9 Å². The lowest BCUT2D eigenvalue weighted by atomic mass is 10.1. The third kappa shape index (κ3) is 4.82. The molecule has 2 aromatic rings. The van der Waals surface area contributed by atoms with Crippen LogP contribution >= 0.6 is 12.2 Å². The molecule has 0 amide bonds. The SMILES string of the molecule is Cc1ccc(NC(=S)N(CCN(C)C)[C@H](C)c2ccco2)c(C)c1. The highest BCUT2D eigenvalue weighted by molar-refractivity contribution is 7.80. The Hall–Kier alpha value is -1.85. The number of likely N-dealkylation sites (N-methyl/N-ethyl adjacent to an activating group) is 1. The Morgan fingerprint density at radius 1 is 1.21 bits per heavy atom. The summed E-state index contributed by atoms with van der Waals surface area (Å²) < 4.78 is 5.58. The number of anilines is 1. The molecule has 130 valence electrons. The van der Waals surface area contributed by atoms with Gasteiger partial charge < -0.3 is 19.5 Å². The maximum atomic E-state index is 5.71. The van der Waals surface area contributed by atoms with Crippen molar-refractivity contribution < 1.29 is 4.42 Å². The summed E-state index contributed by atoms with van der Waals surface area (Å²) in [6.45, 7) is 8.05. The number of aryl methyl sites for hydroxylation is 2. The van der Waals surface area contributed by atoms with Gasteiger partial charge >= 0.3 is 0 Å². The van der Waals surface area contributed by atoms with E-state index in [9.17, 15) is 0 Å². The van der Waals surface area contributed by atoms with E-state index < -0.39 is 0 Å². The van der Waals surface area contributed by atoms with Gasteiger partial charge in [-0.2, -0.15) is 0 Å². The van der Waals surface area contributed by atoms with Crippen LogP contribution in [0.4, 0.5) is 5.69 Å². The molecule has 1 aromatic carbocycles. The van der Waals surface area contributed by atoms with Crippen LogP contribution in [0.2, 0.25) is 0 Å². The van der Waals surface area contributed by atoms with Gasteiger partial charge in [-0.25, -0.2) is 0 Å². The zero-order valence-electron chi connectivity index (χ0n) is 15.2. The highest BCUT2D eigenvalue weighted by Crippen LogP contribution is 2.23. The summed E-state index contributed by atoms with van der Waals surface area (Å²) >= 11 is 5.71. The quantitative estimate of drug-likeness (QED) is 0.793. The summed E-state index contributed by atoms with van der Waals surface area (Å²) in [7, 11) is 4.13. The normalized spacial score (nSPS) is 12.2. The molecule has 0 radical (unpaired) electrons. The van der Waals surface area contributed by atoms with Gasteiger partial charge in [0.25, 0.3) is 0 Å². The first-order chi connectivity index (χ1) is 11.4. The molecular formula is C19H27N3OS. The molecule has 1 aromatic heterocycles. The lowest BCUT2D eigenvalue weighted by Crippen LogP contribution is -2.40. The summed E-state index contributed by atoms with van der Waals surface area (Å²) in [4.78, 5) is 4.33. The van der Waals surface area contributed by atoms with Crippen LogP contribution in [-0.2, 0) is 0 Å². The summed E-state index contributed by atoms with van der Waals surface area (Å²) in [6.07, 6.45) is 1.70. The summed E-state index contributed by atoms with van der Waals surface area (Å²) in [6, 6.07) is 10.3.